The predicted molar refractivity (Wildman–Crippen MR) is 86.5 cm³/mol. The number of carbonyl (C=O) groups excluding carboxylic acids is 1. The van der Waals surface area contributed by atoms with E-state index in [9.17, 15) is 9.59 Å². The number of anilines is 1. The Kier molecular flexibility index (Phi) is 4.61. The summed E-state index contributed by atoms with van der Waals surface area (Å²) in [5.41, 5.74) is 5.38. The zero-order chi connectivity index (χ0) is 17.1. The molecule has 1 aliphatic rings. The van der Waals surface area contributed by atoms with Crippen molar-refractivity contribution < 1.29 is 9.21 Å². The molecule has 1 saturated heterocycles. The second kappa shape index (κ2) is 6.83. The third-order valence-electron chi connectivity index (χ3n) is 4.06. The standard InChI is InChI=1S/C15H20N6O3/c1-8-5-10(9-3-2-4-17-6-9)24-14(23)12(8)13(22)18-7-11-19-15(16)21-20-11/h5,9,17H,2-4,6-7H2,1H3,(H,18,22)(H3,16,19,20,21). The van der Waals surface area contributed by atoms with Gasteiger partial charge in [0.15, 0.2) is 0 Å². The molecule has 24 heavy (non-hydrogen) atoms. The number of nitrogen functional groups attached to an aromatic ring is 1. The molecule has 1 unspecified atom stereocenters. The Labute approximate surface area is 138 Å². The number of carbonyl (C=O) groups is 1. The molecule has 2 aromatic rings. The lowest BCUT2D eigenvalue weighted by Crippen LogP contribution is -2.31. The molecule has 1 amide bonds. The molecule has 9 nitrogen and oxygen atoms in total. The highest BCUT2D eigenvalue weighted by Crippen LogP contribution is 2.23. The molecule has 0 bridgehead atoms. The Morgan fingerprint density at radius 3 is 3.00 bits per heavy atom. The predicted octanol–water partition coefficient (Wildman–Crippen LogP) is 0.0455. The number of nitrogens with two attached hydrogens (primary N) is 1. The maximum Gasteiger partial charge on any atom is 0.349 e. The number of aromatic amines is 1. The van der Waals surface area contributed by atoms with Gasteiger partial charge < -0.3 is 20.8 Å². The molecule has 0 aliphatic carbocycles. The van der Waals surface area contributed by atoms with E-state index in [0.29, 0.717) is 17.1 Å². The average Bonchev–Trinajstić information content (AvgIpc) is 2.98. The number of aromatic nitrogens is 3. The summed E-state index contributed by atoms with van der Waals surface area (Å²) < 4.78 is 5.39. The van der Waals surface area contributed by atoms with E-state index in [1.165, 1.54) is 0 Å². The monoisotopic (exact) mass is 332 g/mol. The number of nitrogens with one attached hydrogen (secondary N) is 3. The van der Waals surface area contributed by atoms with Crippen LogP contribution in [0.25, 0.3) is 0 Å². The number of aryl methyl sites for hydroxylation is 1. The summed E-state index contributed by atoms with van der Waals surface area (Å²) in [5, 5.41) is 12.1. The smallest absolute Gasteiger partial charge is 0.349 e. The van der Waals surface area contributed by atoms with Gasteiger partial charge in [-0.1, -0.05) is 0 Å². The van der Waals surface area contributed by atoms with Crippen LogP contribution in [0, 0.1) is 6.92 Å². The first-order chi connectivity index (χ1) is 11.5. The van der Waals surface area contributed by atoms with E-state index in [1.807, 2.05) is 0 Å². The summed E-state index contributed by atoms with van der Waals surface area (Å²) in [6, 6.07) is 1.78. The minimum absolute atomic E-state index is 0.00926. The van der Waals surface area contributed by atoms with Gasteiger partial charge in [0.2, 0.25) is 5.95 Å². The molecule has 128 valence electrons. The lowest BCUT2D eigenvalue weighted by atomic mass is 9.95. The molecule has 0 spiro atoms. The Morgan fingerprint density at radius 1 is 1.54 bits per heavy atom. The number of piperidine rings is 1. The van der Waals surface area contributed by atoms with Crippen molar-refractivity contribution in [3.63, 3.8) is 0 Å². The molecule has 0 radical (unpaired) electrons. The maximum absolute atomic E-state index is 12.3. The van der Waals surface area contributed by atoms with Crippen LogP contribution in [-0.2, 0) is 6.54 Å². The van der Waals surface area contributed by atoms with Gasteiger partial charge in [0.05, 0.1) is 6.54 Å². The van der Waals surface area contributed by atoms with Gasteiger partial charge in [0, 0.05) is 12.5 Å². The molecule has 3 heterocycles. The van der Waals surface area contributed by atoms with Crippen LogP contribution in [0.2, 0.25) is 0 Å². The first-order valence-electron chi connectivity index (χ1n) is 7.85. The second-order valence-corrected chi connectivity index (χ2v) is 5.86. The van der Waals surface area contributed by atoms with Crippen molar-refractivity contribution in [3.05, 3.63) is 39.2 Å². The molecule has 3 rings (SSSR count). The van der Waals surface area contributed by atoms with Crippen LogP contribution in [0.3, 0.4) is 0 Å². The molecule has 5 N–H and O–H groups in total. The quantitative estimate of drug-likeness (QED) is 0.620. The number of hydrogen-bond acceptors (Lipinski definition) is 7. The third-order valence-corrected chi connectivity index (χ3v) is 4.06. The third kappa shape index (κ3) is 3.46. The van der Waals surface area contributed by atoms with Crippen molar-refractivity contribution in [3.8, 4) is 0 Å². The van der Waals surface area contributed by atoms with E-state index >= 15 is 0 Å². The highest BCUT2D eigenvalue weighted by Gasteiger charge is 2.22. The number of H-pyrrole nitrogens is 1. The van der Waals surface area contributed by atoms with Gasteiger partial charge in [-0.2, -0.15) is 4.98 Å². The van der Waals surface area contributed by atoms with Gasteiger partial charge in [-0.05, 0) is 37.9 Å². The maximum atomic E-state index is 12.3. The summed E-state index contributed by atoms with van der Waals surface area (Å²) in [7, 11) is 0. The van der Waals surface area contributed by atoms with E-state index in [4.69, 9.17) is 10.2 Å². The van der Waals surface area contributed by atoms with Crippen LogP contribution < -0.4 is 22.0 Å². The van der Waals surface area contributed by atoms with Crippen LogP contribution in [0.5, 0.6) is 0 Å². The fourth-order valence-corrected chi connectivity index (χ4v) is 2.84. The van der Waals surface area contributed by atoms with Crippen LogP contribution >= 0.6 is 0 Å². The highest BCUT2D eigenvalue weighted by atomic mass is 16.4. The molecular formula is C15H20N6O3. The Bertz CT molecular complexity index is 791. The van der Waals surface area contributed by atoms with Gasteiger partial charge >= 0.3 is 5.63 Å². The van der Waals surface area contributed by atoms with Crippen molar-refractivity contribution in [2.45, 2.75) is 32.2 Å². The first-order valence-corrected chi connectivity index (χ1v) is 7.85. The Balaban J connectivity index is 1.75. The number of hydrogen-bond donors (Lipinski definition) is 4. The van der Waals surface area contributed by atoms with Crippen LogP contribution in [0.15, 0.2) is 15.3 Å². The molecule has 2 aromatic heterocycles. The molecule has 1 fully saturated rings. The molecule has 0 aromatic carbocycles. The average molecular weight is 332 g/mol. The zero-order valence-corrected chi connectivity index (χ0v) is 13.4. The fourth-order valence-electron chi connectivity index (χ4n) is 2.84. The van der Waals surface area contributed by atoms with E-state index in [1.54, 1.807) is 13.0 Å². The summed E-state index contributed by atoms with van der Waals surface area (Å²) in [5.74, 6) is 0.793. The van der Waals surface area contributed by atoms with E-state index < -0.39 is 11.5 Å². The van der Waals surface area contributed by atoms with E-state index in [-0.39, 0.29) is 24.0 Å². The highest BCUT2D eigenvalue weighted by molar-refractivity contribution is 5.95. The van der Waals surface area contributed by atoms with Gasteiger partial charge in [0.1, 0.15) is 17.1 Å². The second-order valence-electron chi connectivity index (χ2n) is 5.86. The molecular weight excluding hydrogens is 312 g/mol. The molecule has 1 aliphatic heterocycles. The van der Waals surface area contributed by atoms with Gasteiger partial charge in [-0.25, -0.2) is 4.79 Å². The largest absolute Gasteiger partial charge is 0.427 e. The van der Waals surface area contributed by atoms with Gasteiger partial charge in [0.25, 0.3) is 5.91 Å². The minimum atomic E-state index is -0.620. The Morgan fingerprint density at radius 2 is 2.38 bits per heavy atom. The minimum Gasteiger partial charge on any atom is -0.427 e. The van der Waals surface area contributed by atoms with Gasteiger partial charge in [-0.3, -0.25) is 9.89 Å². The number of nitrogens with zero attached hydrogens (tertiary/aromatic N) is 2. The van der Waals surface area contributed by atoms with Crippen LogP contribution in [-0.4, -0.2) is 34.2 Å². The number of amides is 1. The lowest BCUT2D eigenvalue weighted by molar-refractivity contribution is 0.0944. The van der Waals surface area contributed by atoms with Crippen LogP contribution in [0.1, 0.15) is 46.3 Å². The first kappa shape index (κ1) is 16.2. The van der Waals surface area contributed by atoms with Crippen molar-refractivity contribution in [1.82, 2.24) is 25.8 Å². The lowest BCUT2D eigenvalue weighted by Gasteiger charge is -2.22. The van der Waals surface area contributed by atoms with Crippen LogP contribution in [0.4, 0.5) is 5.95 Å². The van der Waals surface area contributed by atoms with Crippen molar-refractivity contribution in [2.75, 3.05) is 18.8 Å². The van der Waals surface area contributed by atoms with E-state index in [2.05, 4.69) is 25.8 Å². The van der Waals surface area contributed by atoms with E-state index in [0.717, 1.165) is 25.9 Å². The molecule has 9 heteroatoms. The van der Waals surface area contributed by atoms with Gasteiger partial charge in [-0.15, -0.1) is 5.10 Å². The summed E-state index contributed by atoms with van der Waals surface area (Å²) in [6.07, 6.45) is 2.00. The summed E-state index contributed by atoms with van der Waals surface area (Å²) in [6.45, 7) is 3.58. The zero-order valence-electron chi connectivity index (χ0n) is 13.4. The van der Waals surface area contributed by atoms with Crippen molar-refractivity contribution in [1.29, 1.82) is 0 Å². The summed E-state index contributed by atoms with van der Waals surface area (Å²) >= 11 is 0. The van der Waals surface area contributed by atoms with Crippen molar-refractivity contribution in [2.24, 2.45) is 0 Å². The fraction of sp³-hybridized carbons (Fsp3) is 0.467. The molecule has 1 atom stereocenters. The number of rotatable bonds is 4. The summed E-state index contributed by atoms with van der Waals surface area (Å²) in [4.78, 5) is 28.4. The Hall–Kier alpha value is -2.68. The SMILES string of the molecule is Cc1cc(C2CCCNC2)oc(=O)c1C(=O)NCc1nc(N)n[nH]1. The topological polar surface area (TPSA) is 139 Å². The normalized spacial score (nSPS) is 17.6. The van der Waals surface area contributed by atoms with Crippen molar-refractivity contribution >= 4 is 11.9 Å². The molecule has 0 saturated carbocycles.